The first-order valence-corrected chi connectivity index (χ1v) is 5.96. The molecular formula is C10H11N3OS2. The van der Waals surface area contributed by atoms with Gasteiger partial charge < -0.3 is 5.32 Å². The maximum atomic E-state index is 11.5. The molecular weight excluding hydrogens is 242 g/mol. The molecule has 0 saturated carbocycles. The van der Waals surface area contributed by atoms with Crippen LogP contribution >= 0.6 is 24.0 Å². The van der Waals surface area contributed by atoms with E-state index in [1.807, 2.05) is 27.0 Å². The minimum atomic E-state index is -0.127. The molecule has 16 heavy (non-hydrogen) atoms. The highest BCUT2D eigenvalue weighted by Gasteiger charge is 2.23. The Balaban J connectivity index is 2.43. The lowest BCUT2D eigenvalue weighted by Crippen LogP contribution is -2.17. The number of thioether (sulfide) groups is 1. The highest BCUT2D eigenvalue weighted by atomic mass is 32.2. The van der Waals surface area contributed by atoms with Gasteiger partial charge in [-0.3, -0.25) is 9.48 Å². The van der Waals surface area contributed by atoms with Crippen molar-refractivity contribution in [2.45, 2.75) is 13.8 Å². The van der Waals surface area contributed by atoms with Crippen molar-refractivity contribution in [1.82, 2.24) is 15.1 Å². The molecule has 1 aromatic heterocycles. The van der Waals surface area contributed by atoms with Gasteiger partial charge in [0.05, 0.1) is 10.6 Å². The molecule has 0 atom stereocenters. The van der Waals surface area contributed by atoms with Gasteiger partial charge in [0.1, 0.15) is 4.32 Å². The normalized spacial score (nSPS) is 18.3. The van der Waals surface area contributed by atoms with Crippen LogP contribution in [0.4, 0.5) is 0 Å². The Kier molecular flexibility index (Phi) is 2.86. The van der Waals surface area contributed by atoms with Crippen LogP contribution in [-0.2, 0) is 11.8 Å². The van der Waals surface area contributed by atoms with Crippen LogP contribution < -0.4 is 5.32 Å². The predicted molar refractivity (Wildman–Crippen MR) is 69.0 cm³/mol. The lowest BCUT2D eigenvalue weighted by Gasteiger charge is -1.96. The minimum absolute atomic E-state index is 0.127. The number of amides is 1. The predicted octanol–water partition coefficient (Wildman–Crippen LogP) is 1.53. The molecule has 1 amide bonds. The highest BCUT2D eigenvalue weighted by molar-refractivity contribution is 8.26. The van der Waals surface area contributed by atoms with E-state index in [1.54, 1.807) is 4.68 Å². The van der Waals surface area contributed by atoms with Gasteiger partial charge >= 0.3 is 0 Å². The molecule has 0 aliphatic carbocycles. The Morgan fingerprint density at radius 1 is 1.50 bits per heavy atom. The van der Waals surface area contributed by atoms with Crippen molar-refractivity contribution in [3.8, 4) is 0 Å². The fourth-order valence-corrected chi connectivity index (χ4v) is 2.58. The van der Waals surface area contributed by atoms with E-state index in [2.05, 4.69) is 10.4 Å². The first-order valence-electron chi connectivity index (χ1n) is 4.74. The lowest BCUT2D eigenvalue weighted by molar-refractivity contribution is -0.115. The summed E-state index contributed by atoms with van der Waals surface area (Å²) in [5, 5.41) is 6.89. The van der Waals surface area contributed by atoms with Crippen LogP contribution in [0.3, 0.4) is 0 Å². The fraction of sp³-hybridized carbons (Fsp3) is 0.300. The Morgan fingerprint density at radius 3 is 2.62 bits per heavy atom. The third kappa shape index (κ3) is 1.90. The third-order valence-electron chi connectivity index (χ3n) is 2.48. The van der Waals surface area contributed by atoms with E-state index in [4.69, 9.17) is 12.2 Å². The van der Waals surface area contributed by atoms with Gasteiger partial charge in [0, 0.05) is 18.3 Å². The Morgan fingerprint density at radius 2 is 2.19 bits per heavy atom. The van der Waals surface area contributed by atoms with Crippen LogP contribution in [0.15, 0.2) is 4.91 Å². The molecule has 0 bridgehead atoms. The molecule has 1 fully saturated rings. The van der Waals surface area contributed by atoms with Gasteiger partial charge in [0.15, 0.2) is 0 Å². The molecule has 1 saturated heterocycles. The highest BCUT2D eigenvalue weighted by Crippen LogP contribution is 2.27. The summed E-state index contributed by atoms with van der Waals surface area (Å²) in [5.74, 6) is -0.127. The van der Waals surface area contributed by atoms with Gasteiger partial charge in [-0.05, 0) is 19.9 Å². The summed E-state index contributed by atoms with van der Waals surface area (Å²) in [6.07, 6.45) is 1.84. The van der Waals surface area contributed by atoms with Crippen molar-refractivity contribution in [3.05, 3.63) is 21.9 Å². The summed E-state index contributed by atoms with van der Waals surface area (Å²) in [7, 11) is 1.89. The van der Waals surface area contributed by atoms with Crippen LogP contribution in [0.2, 0.25) is 0 Å². The van der Waals surface area contributed by atoms with Crippen molar-refractivity contribution >= 4 is 40.3 Å². The van der Waals surface area contributed by atoms with E-state index in [1.165, 1.54) is 11.8 Å². The summed E-state index contributed by atoms with van der Waals surface area (Å²) >= 11 is 6.22. The number of aromatic nitrogens is 2. The second-order valence-electron chi connectivity index (χ2n) is 3.56. The number of carbonyl (C=O) groups excluding carboxylic acids is 1. The summed E-state index contributed by atoms with van der Waals surface area (Å²) in [6, 6.07) is 0. The summed E-state index contributed by atoms with van der Waals surface area (Å²) in [4.78, 5) is 12.1. The topological polar surface area (TPSA) is 46.9 Å². The molecule has 1 aromatic rings. The molecule has 1 N–H and O–H groups in total. The Labute approximate surface area is 103 Å². The van der Waals surface area contributed by atoms with Crippen molar-refractivity contribution in [2.24, 2.45) is 7.05 Å². The summed E-state index contributed by atoms with van der Waals surface area (Å²) < 4.78 is 2.31. The van der Waals surface area contributed by atoms with Gasteiger partial charge in [0.2, 0.25) is 0 Å². The molecule has 2 heterocycles. The van der Waals surface area contributed by atoms with E-state index >= 15 is 0 Å². The minimum Gasteiger partial charge on any atom is -0.307 e. The third-order valence-corrected chi connectivity index (χ3v) is 3.65. The quantitative estimate of drug-likeness (QED) is 0.609. The first-order chi connectivity index (χ1) is 7.49. The fourth-order valence-electron chi connectivity index (χ4n) is 1.55. The summed E-state index contributed by atoms with van der Waals surface area (Å²) in [6.45, 7) is 3.90. The summed E-state index contributed by atoms with van der Waals surface area (Å²) in [5.41, 5.74) is 2.94. The van der Waals surface area contributed by atoms with Crippen molar-refractivity contribution in [1.29, 1.82) is 0 Å². The monoisotopic (exact) mass is 253 g/mol. The number of nitrogens with zero attached hydrogens (tertiary/aromatic N) is 2. The van der Waals surface area contributed by atoms with E-state index in [0.29, 0.717) is 9.23 Å². The largest absolute Gasteiger partial charge is 0.307 e. The zero-order valence-corrected chi connectivity index (χ0v) is 10.8. The Bertz CT molecular complexity index is 516. The van der Waals surface area contributed by atoms with Gasteiger partial charge in [-0.1, -0.05) is 24.0 Å². The van der Waals surface area contributed by atoms with Crippen LogP contribution in [-0.4, -0.2) is 20.0 Å². The van der Waals surface area contributed by atoms with E-state index < -0.39 is 0 Å². The van der Waals surface area contributed by atoms with E-state index in [-0.39, 0.29) is 5.91 Å². The molecule has 0 radical (unpaired) electrons. The number of thiocarbonyl (C=S) groups is 1. The molecule has 0 spiro atoms. The van der Waals surface area contributed by atoms with Gasteiger partial charge in [-0.15, -0.1) is 0 Å². The average Bonchev–Trinajstić information content (AvgIpc) is 2.62. The number of hydrogen-bond acceptors (Lipinski definition) is 4. The smallest absolute Gasteiger partial charge is 0.263 e. The standard InChI is InChI=1S/C10H11N3OS2/c1-5-7(6(2)13(3)12-5)4-8-9(14)11-10(15)16-8/h4H,1-3H3,(H,11,14,15)/b8-4-. The van der Waals surface area contributed by atoms with Crippen molar-refractivity contribution < 1.29 is 4.79 Å². The second kappa shape index (κ2) is 4.03. The molecule has 84 valence electrons. The molecule has 4 nitrogen and oxygen atoms in total. The van der Waals surface area contributed by atoms with Crippen molar-refractivity contribution in [3.63, 3.8) is 0 Å². The second-order valence-corrected chi connectivity index (χ2v) is 5.28. The molecule has 0 unspecified atom stereocenters. The SMILES string of the molecule is Cc1nn(C)c(C)c1/C=C1\SC(=S)NC1=O. The Hall–Kier alpha value is -1.14. The van der Waals surface area contributed by atoms with Gasteiger partial charge in [0.25, 0.3) is 5.91 Å². The van der Waals surface area contributed by atoms with Crippen molar-refractivity contribution in [2.75, 3.05) is 0 Å². The van der Waals surface area contributed by atoms with E-state index in [9.17, 15) is 4.79 Å². The zero-order valence-electron chi connectivity index (χ0n) is 9.20. The molecule has 2 rings (SSSR count). The molecule has 6 heteroatoms. The molecule has 1 aliphatic rings. The first kappa shape index (κ1) is 11.3. The van der Waals surface area contributed by atoms with E-state index in [0.717, 1.165) is 17.0 Å². The molecule has 1 aliphatic heterocycles. The van der Waals surface area contributed by atoms with Crippen LogP contribution in [0.25, 0.3) is 6.08 Å². The maximum Gasteiger partial charge on any atom is 0.263 e. The number of nitrogens with one attached hydrogen (secondary N) is 1. The van der Waals surface area contributed by atoms with Gasteiger partial charge in [-0.25, -0.2) is 0 Å². The number of rotatable bonds is 1. The maximum absolute atomic E-state index is 11.5. The molecule has 0 aromatic carbocycles. The zero-order chi connectivity index (χ0) is 11.9. The number of aryl methyl sites for hydroxylation is 2. The lowest BCUT2D eigenvalue weighted by atomic mass is 10.2. The number of hydrogen-bond donors (Lipinski definition) is 1. The average molecular weight is 253 g/mol. The van der Waals surface area contributed by atoms with Crippen LogP contribution in [0, 0.1) is 13.8 Å². The van der Waals surface area contributed by atoms with Gasteiger partial charge in [-0.2, -0.15) is 5.10 Å². The van der Waals surface area contributed by atoms with Crippen LogP contribution in [0.5, 0.6) is 0 Å². The van der Waals surface area contributed by atoms with Crippen LogP contribution in [0.1, 0.15) is 17.0 Å². The number of carbonyl (C=O) groups is 1.